The Morgan fingerprint density at radius 1 is 1.38 bits per heavy atom. The van der Waals surface area contributed by atoms with Crippen LogP contribution in [0.3, 0.4) is 0 Å². The molecule has 112 valence electrons. The van der Waals surface area contributed by atoms with Crippen molar-refractivity contribution in [1.29, 1.82) is 0 Å². The van der Waals surface area contributed by atoms with E-state index in [0.717, 1.165) is 43.5 Å². The highest BCUT2D eigenvalue weighted by Gasteiger charge is 2.31. The highest BCUT2D eigenvalue weighted by atomic mass is 32.2. The van der Waals surface area contributed by atoms with Gasteiger partial charge in [-0.1, -0.05) is 5.92 Å². The van der Waals surface area contributed by atoms with E-state index < -0.39 is 10.0 Å². The van der Waals surface area contributed by atoms with E-state index in [9.17, 15) is 8.42 Å². The van der Waals surface area contributed by atoms with E-state index in [0.29, 0.717) is 17.4 Å². The number of fused-ring (bicyclic) bond motifs is 1. The van der Waals surface area contributed by atoms with Crippen LogP contribution in [-0.2, 0) is 16.4 Å². The van der Waals surface area contributed by atoms with Crippen molar-refractivity contribution in [3.8, 4) is 12.3 Å². The Bertz CT molecular complexity index is 672. The van der Waals surface area contributed by atoms with Crippen molar-refractivity contribution in [3.05, 3.63) is 23.8 Å². The number of nitrogens with zero attached hydrogens (tertiary/aromatic N) is 1. The summed E-state index contributed by atoms with van der Waals surface area (Å²) in [5.74, 6) is 2.95. The second-order valence-corrected chi connectivity index (χ2v) is 7.73. The number of hydrogen-bond donors (Lipinski definition) is 1. The lowest BCUT2D eigenvalue weighted by atomic mass is 10.0. The third-order valence-electron chi connectivity index (χ3n) is 4.08. The highest BCUT2D eigenvalue weighted by molar-refractivity contribution is 7.89. The first-order valence-electron chi connectivity index (χ1n) is 7.41. The van der Waals surface area contributed by atoms with Crippen LogP contribution in [-0.4, -0.2) is 32.4 Å². The van der Waals surface area contributed by atoms with Crippen LogP contribution in [0.4, 0.5) is 5.69 Å². The molecule has 0 amide bonds. The van der Waals surface area contributed by atoms with Crippen molar-refractivity contribution in [2.75, 3.05) is 25.0 Å². The molecule has 1 N–H and O–H groups in total. The van der Waals surface area contributed by atoms with Crippen LogP contribution in [0.5, 0.6) is 0 Å². The molecule has 0 unspecified atom stereocenters. The van der Waals surface area contributed by atoms with E-state index >= 15 is 0 Å². The number of hydrogen-bond acceptors (Lipinski definition) is 3. The van der Waals surface area contributed by atoms with Gasteiger partial charge in [0, 0.05) is 18.8 Å². The summed E-state index contributed by atoms with van der Waals surface area (Å²) in [4.78, 5) is 0.362. The molecule has 0 saturated heterocycles. The molecule has 0 radical (unpaired) electrons. The fourth-order valence-corrected chi connectivity index (χ4v) is 4.18. The molecular formula is C16H20N2O2S. The van der Waals surface area contributed by atoms with Crippen molar-refractivity contribution in [2.45, 2.75) is 30.6 Å². The van der Waals surface area contributed by atoms with Crippen molar-refractivity contribution < 1.29 is 8.42 Å². The quantitative estimate of drug-likeness (QED) is 0.847. The lowest BCUT2D eigenvalue weighted by molar-refractivity contribution is 0.430. The Labute approximate surface area is 126 Å². The fraction of sp³-hybridized carbons (Fsp3) is 0.500. The first kappa shape index (κ1) is 14.4. The molecule has 2 aliphatic rings. The molecule has 0 aromatic heterocycles. The van der Waals surface area contributed by atoms with Crippen LogP contribution < -0.4 is 5.32 Å². The topological polar surface area (TPSA) is 49.4 Å². The molecule has 1 heterocycles. The average molecular weight is 304 g/mol. The molecule has 4 nitrogen and oxygen atoms in total. The summed E-state index contributed by atoms with van der Waals surface area (Å²) in [5.41, 5.74) is 2.13. The number of nitrogens with one attached hydrogen (secondary N) is 1. The normalized spacial score (nSPS) is 17.9. The van der Waals surface area contributed by atoms with E-state index in [2.05, 4.69) is 11.2 Å². The Morgan fingerprint density at radius 2 is 2.19 bits per heavy atom. The maximum atomic E-state index is 12.8. The number of rotatable bonds is 5. The van der Waals surface area contributed by atoms with Gasteiger partial charge in [-0.2, -0.15) is 4.31 Å². The Morgan fingerprint density at radius 3 is 2.90 bits per heavy atom. The van der Waals surface area contributed by atoms with Gasteiger partial charge >= 0.3 is 0 Å². The number of sulfonamides is 1. The van der Waals surface area contributed by atoms with Crippen molar-refractivity contribution in [3.63, 3.8) is 0 Å². The number of aryl methyl sites for hydroxylation is 1. The summed E-state index contributed by atoms with van der Waals surface area (Å²) >= 11 is 0. The summed E-state index contributed by atoms with van der Waals surface area (Å²) in [6.07, 6.45) is 9.50. The third kappa shape index (κ3) is 3.07. The Hall–Kier alpha value is -1.51. The van der Waals surface area contributed by atoms with Crippen LogP contribution in [0.2, 0.25) is 0 Å². The number of benzene rings is 1. The van der Waals surface area contributed by atoms with Crippen LogP contribution in [0.1, 0.15) is 24.8 Å². The molecule has 5 heteroatoms. The molecule has 1 aromatic carbocycles. The summed E-state index contributed by atoms with van der Waals surface area (Å²) in [6, 6.07) is 5.35. The van der Waals surface area contributed by atoms with Crippen molar-refractivity contribution in [2.24, 2.45) is 5.92 Å². The van der Waals surface area contributed by atoms with Gasteiger partial charge < -0.3 is 5.32 Å². The fourth-order valence-electron chi connectivity index (χ4n) is 2.70. The molecule has 1 aromatic rings. The second kappa shape index (κ2) is 5.70. The van der Waals surface area contributed by atoms with Crippen LogP contribution in [0.15, 0.2) is 23.1 Å². The first-order valence-corrected chi connectivity index (χ1v) is 8.85. The zero-order chi connectivity index (χ0) is 14.9. The lowest BCUT2D eigenvalue weighted by Crippen LogP contribution is -2.33. The summed E-state index contributed by atoms with van der Waals surface area (Å²) in [5, 5.41) is 3.30. The van der Waals surface area contributed by atoms with Crippen molar-refractivity contribution in [1.82, 2.24) is 4.31 Å². The molecule has 1 aliphatic carbocycles. The minimum absolute atomic E-state index is 0.147. The van der Waals surface area contributed by atoms with E-state index in [1.807, 2.05) is 6.07 Å². The maximum absolute atomic E-state index is 12.8. The van der Waals surface area contributed by atoms with Gasteiger partial charge in [-0.3, -0.25) is 0 Å². The molecule has 0 spiro atoms. The largest absolute Gasteiger partial charge is 0.385 e. The summed E-state index contributed by atoms with van der Waals surface area (Å²) in [7, 11) is -3.49. The molecule has 1 saturated carbocycles. The van der Waals surface area contributed by atoms with Gasteiger partial charge in [0.25, 0.3) is 0 Å². The van der Waals surface area contributed by atoms with Gasteiger partial charge in [0.15, 0.2) is 0 Å². The summed E-state index contributed by atoms with van der Waals surface area (Å²) in [6.45, 7) is 1.64. The van der Waals surface area contributed by atoms with Crippen LogP contribution >= 0.6 is 0 Å². The van der Waals surface area contributed by atoms with Gasteiger partial charge in [-0.25, -0.2) is 8.42 Å². The minimum Gasteiger partial charge on any atom is -0.385 e. The van der Waals surface area contributed by atoms with Gasteiger partial charge in [0.2, 0.25) is 10.0 Å². The van der Waals surface area contributed by atoms with Gasteiger partial charge in [-0.15, -0.1) is 6.42 Å². The summed E-state index contributed by atoms with van der Waals surface area (Å²) < 4.78 is 27.0. The van der Waals surface area contributed by atoms with Gasteiger partial charge in [0.1, 0.15) is 0 Å². The molecule has 0 atom stereocenters. The molecular weight excluding hydrogens is 284 g/mol. The number of anilines is 1. The SMILES string of the molecule is C#CCN(CC1CC1)S(=O)(=O)c1ccc2c(c1)CCCN2. The van der Waals surface area contributed by atoms with E-state index in [1.54, 1.807) is 12.1 Å². The minimum atomic E-state index is -3.49. The second-order valence-electron chi connectivity index (χ2n) is 5.79. The predicted molar refractivity (Wildman–Crippen MR) is 83.6 cm³/mol. The zero-order valence-electron chi connectivity index (χ0n) is 12.0. The lowest BCUT2D eigenvalue weighted by Gasteiger charge is -2.22. The monoisotopic (exact) mass is 304 g/mol. The van der Waals surface area contributed by atoms with E-state index in [4.69, 9.17) is 6.42 Å². The molecule has 0 bridgehead atoms. The maximum Gasteiger partial charge on any atom is 0.243 e. The standard InChI is InChI=1S/C16H20N2O2S/c1-2-10-18(12-13-5-6-13)21(19,20)15-7-8-16-14(11-15)4-3-9-17-16/h1,7-8,11,13,17H,3-6,9-10,12H2. The number of terminal acetylenes is 1. The highest BCUT2D eigenvalue weighted by Crippen LogP contribution is 2.32. The third-order valence-corrected chi connectivity index (χ3v) is 5.89. The predicted octanol–water partition coefficient (Wildman–Crippen LogP) is 2.08. The van der Waals surface area contributed by atoms with Gasteiger partial charge in [0.05, 0.1) is 11.4 Å². The van der Waals surface area contributed by atoms with Gasteiger partial charge in [-0.05, 0) is 55.4 Å². The zero-order valence-corrected chi connectivity index (χ0v) is 12.8. The van der Waals surface area contributed by atoms with Crippen LogP contribution in [0.25, 0.3) is 0 Å². The van der Waals surface area contributed by atoms with E-state index in [-0.39, 0.29) is 6.54 Å². The Balaban J connectivity index is 1.90. The van der Waals surface area contributed by atoms with Crippen LogP contribution in [0, 0.1) is 18.3 Å². The van der Waals surface area contributed by atoms with E-state index in [1.165, 1.54) is 4.31 Å². The molecule has 1 aliphatic heterocycles. The van der Waals surface area contributed by atoms with Crippen molar-refractivity contribution >= 4 is 15.7 Å². The smallest absolute Gasteiger partial charge is 0.243 e. The Kier molecular flexibility index (Phi) is 3.92. The first-order chi connectivity index (χ1) is 10.1. The molecule has 21 heavy (non-hydrogen) atoms. The average Bonchev–Trinajstić information content (AvgIpc) is 3.30. The molecule has 3 rings (SSSR count). The molecule has 1 fully saturated rings.